The Bertz CT molecular complexity index is 723. The summed E-state index contributed by atoms with van der Waals surface area (Å²) >= 11 is 5.99. The van der Waals surface area contributed by atoms with Gasteiger partial charge in [0.15, 0.2) is 5.69 Å². The molecule has 3 rings (SSSR count). The largest absolute Gasteiger partial charge is 0.360 e. The number of hydrogen-bond donors (Lipinski definition) is 1. The summed E-state index contributed by atoms with van der Waals surface area (Å²) in [4.78, 5) is 11.9. The van der Waals surface area contributed by atoms with E-state index in [1.54, 1.807) is 12.1 Å². The minimum atomic E-state index is -0.279. The van der Waals surface area contributed by atoms with E-state index in [0.717, 1.165) is 24.2 Å². The zero-order valence-electron chi connectivity index (χ0n) is 11.2. The summed E-state index contributed by atoms with van der Waals surface area (Å²) in [5, 5.41) is 7.05. The van der Waals surface area contributed by atoms with Gasteiger partial charge in [-0.2, -0.15) is 0 Å². The predicted molar refractivity (Wildman–Crippen MR) is 79.1 cm³/mol. The van der Waals surface area contributed by atoms with Crippen molar-refractivity contribution in [3.05, 3.63) is 52.4 Å². The summed E-state index contributed by atoms with van der Waals surface area (Å²) < 4.78 is 5.14. The second kappa shape index (κ2) is 6.02. The molecule has 1 aromatic carbocycles. The van der Waals surface area contributed by atoms with Crippen LogP contribution in [0.25, 0.3) is 0 Å². The molecule has 0 atom stereocenters. The fraction of sp³-hybridized carbons (Fsp3) is 0.250. The average molecular weight is 301 g/mol. The minimum absolute atomic E-state index is 0.232. The van der Waals surface area contributed by atoms with Crippen LogP contribution in [0.4, 0.5) is 0 Å². The normalized spacial score (nSPS) is 13.4. The minimum Gasteiger partial charge on any atom is -0.360 e. The molecule has 1 aliphatic carbocycles. The van der Waals surface area contributed by atoms with Crippen molar-refractivity contribution in [2.24, 2.45) is 0 Å². The maximum absolute atomic E-state index is 11.9. The fourth-order valence-corrected chi connectivity index (χ4v) is 2.06. The van der Waals surface area contributed by atoms with Crippen molar-refractivity contribution in [3.8, 4) is 11.8 Å². The maximum Gasteiger partial charge on any atom is 0.274 e. The molecule has 0 saturated heterocycles. The van der Waals surface area contributed by atoms with E-state index >= 15 is 0 Å². The highest BCUT2D eigenvalue weighted by molar-refractivity contribution is 6.31. The second-order valence-electron chi connectivity index (χ2n) is 4.85. The van der Waals surface area contributed by atoms with Crippen molar-refractivity contribution >= 4 is 17.5 Å². The van der Waals surface area contributed by atoms with Crippen LogP contribution in [-0.2, 0) is 0 Å². The summed E-state index contributed by atoms with van der Waals surface area (Å²) in [6, 6.07) is 9.02. The van der Waals surface area contributed by atoms with Crippen LogP contribution in [0.15, 0.2) is 34.9 Å². The summed E-state index contributed by atoms with van der Waals surface area (Å²) in [5.74, 6) is 6.73. The van der Waals surface area contributed by atoms with Crippen molar-refractivity contribution in [2.45, 2.75) is 18.8 Å². The van der Waals surface area contributed by atoms with E-state index < -0.39 is 0 Å². The van der Waals surface area contributed by atoms with E-state index in [4.69, 9.17) is 16.1 Å². The zero-order chi connectivity index (χ0) is 14.7. The van der Waals surface area contributed by atoms with E-state index in [-0.39, 0.29) is 12.5 Å². The molecule has 0 unspecified atom stereocenters. The van der Waals surface area contributed by atoms with Gasteiger partial charge >= 0.3 is 0 Å². The first-order valence-corrected chi connectivity index (χ1v) is 7.10. The molecule has 21 heavy (non-hydrogen) atoms. The van der Waals surface area contributed by atoms with Gasteiger partial charge in [-0.3, -0.25) is 4.79 Å². The van der Waals surface area contributed by atoms with Gasteiger partial charge in [0.05, 0.1) is 11.6 Å². The third-order valence-electron chi connectivity index (χ3n) is 3.17. The first kappa shape index (κ1) is 13.7. The van der Waals surface area contributed by atoms with Crippen molar-refractivity contribution < 1.29 is 9.32 Å². The zero-order valence-corrected chi connectivity index (χ0v) is 12.0. The number of benzene rings is 1. The Balaban J connectivity index is 1.55. The van der Waals surface area contributed by atoms with E-state index in [1.807, 2.05) is 18.2 Å². The Morgan fingerprint density at radius 1 is 1.43 bits per heavy atom. The molecule has 0 bridgehead atoms. The molecule has 0 spiro atoms. The summed E-state index contributed by atoms with van der Waals surface area (Å²) in [5.41, 5.74) is 1.04. The van der Waals surface area contributed by atoms with Crippen LogP contribution in [-0.4, -0.2) is 17.6 Å². The lowest BCUT2D eigenvalue weighted by Crippen LogP contribution is -2.23. The van der Waals surface area contributed by atoms with Crippen LogP contribution < -0.4 is 5.32 Å². The molecule has 106 valence electrons. The molecule has 1 amide bonds. The average Bonchev–Trinajstić information content (AvgIpc) is 3.22. The molecule has 5 heteroatoms. The van der Waals surface area contributed by atoms with Gasteiger partial charge in [-0.15, -0.1) is 0 Å². The van der Waals surface area contributed by atoms with Crippen molar-refractivity contribution in [3.63, 3.8) is 0 Å². The van der Waals surface area contributed by atoms with Crippen LogP contribution in [0.5, 0.6) is 0 Å². The molecule has 0 aliphatic heterocycles. The monoisotopic (exact) mass is 300 g/mol. The molecule has 0 radical (unpaired) electrons. The number of amides is 1. The molecule has 1 N–H and O–H groups in total. The first-order chi connectivity index (χ1) is 10.2. The van der Waals surface area contributed by atoms with Gasteiger partial charge in [-0.1, -0.05) is 40.7 Å². The highest BCUT2D eigenvalue weighted by Crippen LogP contribution is 2.40. The van der Waals surface area contributed by atoms with E-state index in [1.165, 1.54) is 0 Å². The van der Waals surface area contributed by atoms with Crippen LogP contribution in [0.1, 0.15) is 40.6 Å². The smallest absolute Gasteiger partial charge is 0.274 e. The van der Waals surface area contributed by atoms with Crippen LogP contribution >= 0.6 is 11.6 Å². The topological polar surface area (TPSA) is 55.1 Å². The Hall–Kier alpha value is -2.25. The molecule has 2 aromatic rings. The third-order valence-corrected chi connectivity index (χ3v) is 3.50. The number of aromatic nitrogens is 1. The van der Waals surface area contributed by atoms with Gasteiger partial charge < -0.3 is 9.84 Å². The van der Waals surface area contributed by atoms with Gasteiger partial charge in [0.2, 0.25) is 0 Å². The van der Waals surface area contributed by atoms with Crippen molar-refractivity contribution in [1.82, 2.24) is 10.5 Å². The van der Waals surface area contributed by atoms with E-state index in [0.29, 0.717) is 16.6 Å². The summed E-state index contributed by atoms with van der Waals surface area (Å²) in [6.07, 6.45) is 2.22. The standard InChI is InChI=1S/C16H13ClN2O2/c17-13-6-2-1-4-11(13)5-3-9-18-16(20)14-10-15(21-19-14)12-7-8-12/h1-2,4,6,10,12H,7-9H2,(H,18,20). The Kier molecular flexibility index (Phi) is 3.94. The van der Waals surface area contributed by atoms with Crippen molar-refractivity contribution in [2.75, 3.05) is 6.54 Å². The lowest BCUT2D eigenvalue weighted by Gasteiger charge is -1.96. The quantitative estimate of drug-likeness (QED) is 0.887. The summed E-state index contributed by atoms with van der Waals surface area (Å²) in [6.45, 7) is 0.232. The second-order valence-corrected chi connectivity index (χ2v) is 5.26. The maximum atomic E-state index is 11.9. The molecule has 1 heterocycles. The number of nitrogens with one attached hydrogen (secondary N) is 1. The number of carbonyl (C=O) groups excluding carboxylic acids is 1. The van der Waals surface area contributed by atoms with Crippen LogP contribution in [0.2, 0.25) is 5.02 Å². The first-order valence-electron chi connectivity index (χ1n) is 6.72. The lowest BCUT2D eigenvalue weighted by atomic mass is 10.2. The number of nitrogens with zero attached hydrogens (tertiary/aromatic N) is 1. The molecule has 1 aromatic heterocycles. The van der Waals surface area contributed by atoms with Gasteiger partial charge in [0.1, 0.15) is 5.76 Å². The molecule has 1 aliphatic rings. The molecule has 4 nitrogen and oxygen atoms in total. The Morgan fingerprint density at radius 3 is 3.00 bits per heavy atom. The van der Waals surface area contributed by atoms with Gasteiger partial charge in [-0.05, 0) is 25.0 Å². The molecular formula is C16H13ClN2O2. The van der Waals surface area contributed by atoms with Gasteiger partial charge in [-0.25, -0.2) is 0 Å². The van der Waals surface area contributed by atoms with Crippen molar-refractivity contribution in [1.29, 1.82) is 0 Å². The van der Waals surface area contributed by atoms with Crippen LogP contribution in [0, 0.1) is 11.8 Å². The molecular weight excluding hydrogens is 288 g/mol. The number of carbonyl (C=O) groups is 1. The number of rotatable bonds is 3. The predicted octanol–water partition coefficient (Wildman–Crippen LogP) is 2.99. The van der Waals surface area contributed by atoms with Gasteiger partial charge in [0, 0.05) is 17.5 Å². The Morgan fingerprint density at radius 2 is 2.24 bits per heavy atom. The van der Waals surface area contributed by atoms with E-state index in [2.05, 4.69) is 22.3 Å². The van der Waals surface area contributed by atoms with Gasteiger partial charge in [0.25, 0.3) is 5.91 Å². The number of hydrogen-bond acceptors (Lipinski definition) is 3. The summed E-state index contributed by atoms with van der Waals surface area (Å²) in [7, 11) is 0. The molecule has 1 saturated carbocycles. The van der Waals surface area contributed by atoms with E-state index in [9.17, 15) is 4.79 Å². The number of halogens is 1. The highest BCUT2D eigenvalue weighted by atomic mass is 35.5. The van der Waals surface area contributed by atoms with Crippen LogP contribution in [0.3, 0.4) is 0 Å². The lowest BCUT2D eigenvalue weighted by molar-refractivity contribution is 0.0949. The third kappa shape index (κ3) is 3.45. The Labute approximate surface area is 127 Å². The highest BCUT2D eigenvalue weighted by Gasteiger charge is 2.28. The SMILES string of the molecule is O=C(NCC#Cc1ccccc1Cl)c1cc(C2CC2)on1. The molecule has 1 fully saturated rings. The fourth-order valence-electron chi connectivity index (χ4n) is 1.87.